The summed E-state index contributed by atoms with van der Waals surface area (Å²) < 4.78 is 1.87. The van der Waals surface area contributed by atoms with Crippen molar-refractivity contribution in [2.75, 3.05) is 10.6 Å². The molecule has 1 heterocycles. The van der Waals surface area contributed by atoms with Crippen molar-refractivity contribution in [1.29, 1.82) is 0 Å². The summed E-state index contributed by atoms with van der Waals surface area (Å²) in [6.07, 6.45) is 3.28. The fraction of sp³-hybridized carbons (Fsp3) is 0.107. The smallest absolute Gasteiger partial charge is 0.255 e. The number of nitrogens with one attached hydrogen (secondary N) is 2. The maximum absolute atomic E-state index is 12.7. The van der Waals surface area contributed by atoms with E-state index in [1.165, 1.54) is 6.08 Å². The number of benzene rings is 3. The molecule has 4 rings (SSSR count). The summed E-state index contributed by atoms with van der Waals surface area (Å²) in [7, 11) is 0. The molecule has 0 unspecified atom stereocenters. The number of amides is 2. The zero-order valence-corrected chi connectivity index (χ0v) is 19.4. The number of para-hydroxylation sites is 1. The molecule has 1 aromatic heterocycles. The van der Waals surface area contributed by atoms with Crippen LogP contribution in [0.4, 0.5) is 11.4 Å². The molecule has 0 radical (unpaired) electrons. The summed E-state index contributed by atoms with van der Waals surface area (Å²) in [5.74, 6) is -0.464. The van der Waals surface area contributed by atoms with Gasteiger partial charge in [0.05, 0.1) is 11.4 Å². The summed E-state index contributed by atoms with van der Waals surface area (Å²) >= 11 is 0. The number of hydrogen-bond acceptors (Lipinski definition) is 3. The molecule has 2 N–H and O–H groups in total. The highest BCUT2D eigenvalue weighted by atomic mass is 16.2. The first kappa shape index (κ1) is 22.7. The topological polar surface area (TPSA) is 76.0 Å². The molecule has 2 amide bonds. The summed E-state index contributed by atoms with van der Waals surface area (Å²) in [6.45, 7) is 5.76. The molecule has 0 saturated carbocycles. The Labute approximate surface area is 198 Å². The Morgan fingerprint density at radius 1 is 0.794 bits per heavy atom. The first-order valence-electron chi connectivity index (χ1n) is 11.0. The summed E-state index contributed by atoms with van der Waals surface area (Å²) in [4.78, 5) is 25.2. The Morgan fingerprint density at radius 3 is 2.09 bits per heavy atom. The zero-order chi connectivity index (χ0) is 24.1. The second-order valence-electron chi connectivity index (χ2n) is 7.95. The van der Waals surface area contributed by atoms with Crippen LogP contribution in [0.25, 0.3) is 11.8 Å². The van der Waals surface area contributed by atoms with E-state index in [0.717, 1.165) is 28.2 Å². The lowest BCUT2D eigenvalue weighted by molar-refractivity contribution is -0.111. The molecule has 4 aromatic rings. The average Bonchev–Trinajstić information content (AvgIpc) is 3.14. The molecule has 170 valence electrons. The van der Waals surface area contributed by atoms with E-state index < -0.39 is 0 Å². The molecule has 0 spiro atoms. The Bertz CT molecular complexity index is 1360. The number of hydrogen-bond donors (Lipinski definition) is 2. The third-order valence-electron chi connectivity index (χ3n) is 5.63. The van der Waals surface area contributed by atoms with Gasteiger partial charge in [-0.1, -0.05) is 42.5 Å². The van der Waals surface area contributed by atoms with E-state index in [0.29, 0.717) is 16.9 Å². The second-order valence-corrected chi connectivity index (χ2v) is 7.95. The van der Waals surface area contributed by atoms with Gasteiger partial charge in [-0.25, -0.2) is 4.68 Å². The molecule has 0 aliphatic rings. The van der Waals surface area contributed by atoms with E-state index in [-0.39, 0.29) is 11.8 Å². The number of aromatic nitrogens is 2. The summed E-state index contributed by atoms with van der Waals surface area (Å²) in [5, 5.41) is 10.4. The van der Waals surface area contributed by atoms with E-state index in [1.807, 2.05) is 86.1 Å². The standard InChI is InChI=1S/C28H26N4O2/c1-19-25(15-10-16-26(19)30-28(34)22-11-6-4-7-12-22)29-27(33)18-17-24-20(2)31-32(21(24)3)23-13-8-5-9-14-23/h4-18H,1-3H3,(H,29,33)(H,30,34)/b18-17+. The van der Waals surface area contributed by atoms with Crippen molar-refractivity contribution in [3.8, 4) is 5.69 Å². The number of nitrogens with zero attached hydrogens (tertiary/aromatic N) is 2. The second kappa shape index (κ2) is 10.0. The van der Waals surface area contributed by atoms with Crippen LogP contribution in [0.1, 0.15) is 32.9 Å². The molecule has 0 aliphatic heterocycles. The Morgan fingerprint density at radius 2 is 1.41 bits per heavy atom. The maximum atomic E-state index is 12.7. The first-order chi connectivity index (χ1) is 16.4. The molecule has 3 aromatic carbocycles. The van der Waals surface area contributed by atoms with Crippen LogP contribution in [0, 0.1) is 20.8 Å². The lowest BCUT2D eigenvalue weighted by atomic mass is 10.1. The summed E-state index contributed by atoms with van der Waals surface area (Å²) in [5.41, 5.74) is 6.29. The highest BCUT2D eigenvalue weighted by Crippen LogP contribution is 2.24. The van der Waals surface area contributed by atoms with Crippen molar-refractivity contribution < 1.29 is 9.59 Å². The van der Waals surface area contributed by atoms with Crippen molar-refractivity contribution in [3.63, 3.8) is 0 Å². The molecule has 34 heavy (non-hydrogen) atoms. The Kier molecular flexibility index (Phi) is 6.69. The molecule has 0 bridgehead atoms. The molecule has 0 saturated heterocycles. The van der Waals surface area contributed by atoms with Crippen LogP contribution >= 0.6 is 0 Å². The van der Waals surface area contributed by atoms with E-state index in [2.05, 4.69) is 15.7 Å². The van der Waals surface area contributed by atoms with E-state index in [9.17, 15) is 9.59 Å². The van der Waals surface area contributed by atoms with Crippen LogP contribution in [0.2, 0.25) is 0 Å². The zero-order valence-electron chi connectivity index (χ0n) is 19.4. The van der Waals surface area contributed by atoms with Gasteiger partial charge in [-0.15, -0.1) is 0 Å². The van der Waals surface area contributed by atoms with E-state index >= 15 is 0 Å². The van der Waals surface area contributed by atoms with Gasteiger partial charge in [0.1, 0.15) is 0 Å². The van der Waals surface area contributed by atoms with Gasteiger partial charge in [-0.3, -0.25) is 9.59 Å². The lowest BCUT2D eigenvalue weighted by Gasteiger charge is -2.13. The van der Waals surface area contributed by atoms with Gasteiger partial charge >= 0.3 is 0 Å². The van der Waals surface area contributed by atoms with Crippen molar-refractivity contribution >= 4 is 29.3 Å². The third kappa shape index (κ3) is 4.96. The first-order valence-corrected chi connectivity index (χ1v) is 11.0. The molecular formula is C28H26N4O2. The number of aryl methyl sites for hydroxylation is 1. The van der Waals surface area contributed by atoms with Crippen molar-refractivity contribution in [2.24, 2.45) is 0 Å². The highest BCUT2D eigenvalue weighted by Gasteiger charge is 2.12. The minimum Gasteiger partial charge on any atom is -0.322 e. The van der Waals surface area contributed by atoms with Crippen molar-refractivity contribution in [2.45, 2.75) is 20.8 Å². The Hall–Kier alpha value is -4.45. The highest BCUT2D eigenvalue weighted by molar-refractivity contribution is 6.06. The minimum absolute atomic E-state index is 0.201. The molecule has 0 atom stereocenters. The molecule has 6 heteroatoms. The van der Waals surface area contributed by atoms with Crippen LogP contribution < -0.4 is 10.6 Å². The van der Waals surface area contributed by atoms with Crippen LogP contribution in [0.15, 0.2) is 84.9 Å². The number of carbonyl (C=O) groups is 2. The SMILES string of the molecule is Cc1nn(-c2ccccc2)c(C)c1/C=C/C(=O)Nc1cccc(NC(=O)c2ccccc2)c1C. The van der Waals surface area contributed by atoms with Crippen LogP contribution in [0.5, 0.6) is 0 Å². The largest absolute Gasteiger partial charge is 0.322 e. The predicted molar refractivity (Wildman–Crippen MR) is 136 cm³/mol. The molecule has 0 aliphatic carbocycles. The normalized spacial score (nSPS) is 10.9. The number of rotatable bonds is 6. The number of anilines is 2. The lowest BCUT2D eigenvalue weighted by Crippen LogP contribution is -2.14. The van der Waals surface area contributed by atoms with Crippen LogP contribution in [-0.4, -0.2) is 21.6 Å². The summed E-state index contributed by atoms with van der Waals surface area (Å²) in [6, 6.07) is 24.3. The van der Waals surface area contributed by atoms with Gasteiger partial charge < -0.3 is 10.6 Å². The van der Waals surface area contributed by atoms with Gasteiger partial charge in [0, 0.05) is 34.3 Å². The fourth-order valence-electron chi connectivity index (χ4n) is 3.74. The van der Waals surface area contributed by atoms with Crippen LogP contribution in [0.3, 0.4) is 0 Å². The van der Waals surface area contributed by atoms with Crippen molar-refractivity contribution in [1.82, 2.24) is 9.78 Å². The monoisotopic (exact) mass is 450 g/mol. The number of carbonyl (C=O) groups excluding carboxylic acids is 2. The molecule has 0 fully saturated rings. The van der Waals surface area contributed by atoms with Crippen LogP contribution in [-0.2, 0) is 4.79 Å². The van der Waals surface area contributed by atoms with E-state index in [4.69, 9.17) is 0 Å². The van der Waals surface area contributed by atoms with Gasteiger partial charge in [0.2, 0.25) is 5.91 Å². The van der Waals surface area contributed by atoms with Gasteiger partial charge in [0.15, 0.2) is 0 Å². The maximum Gasteiger partial charge on any atom is 0.255 e. The molecular weight excluding hydrogens is 424 g/mol. The fourth-order valence-corrected chi connectivity index (χ4v) is 3.74. The van der Waals surface area contributed by atoms with E-state index in [1.54, 1.807) is 24.3 Å². The van der Waals surface area contributed by atoms with Gasteiger partial charge in [-0.2, -0.15) is 5.10 Å². The Balaban J connectivity index is 1.48. The third-order valence-corrected chi connectivity index (χ3v) is 5.63. The van der Waals surface area contributed by atoms with Gasteiger partial charge in [-0.05, 0) is 68.8 Å². The minimum atomic E-state index is -0.263. The predicted octanol–water partition coefficient (Wildman–Crippen LogP) is 5.70. The quantitative estimate of drug-likeness (QED) is 0.370. The average molecular weight is 451 g/mol. The molecule has 6 nitrogen and oxygen atoms in total. The van der Waals surface area contributed by atoms with Crippen molar-refractivity contribution in [3.05, 3.63) is 113 Å². The van der Waals surface area contributed by atoms with Gasteiger partial charge in [0.25, 0.3) is 5.91 Å².